The number of halogens is 1. The molecule has 0 aromatic carbocycles. The normalized spacial score (nSPS) is 13.9. The quantitative estimate of drug-likeness (QED) is 0.815. The molecule has 0 fully saturated rings. The molecule has 1 heterocycles. The fourth-order valence-electron chi connectivity index (χ4n) is 1.08. The maximum atomic E-state index is 11.8. The Kier molecular flexibility index (Phi) is 5.36. The minimum Gasteiger partial charge on any atom is -0.249 e. The lowest BCUT2D eigenvalue weighted by molar-refractivity contribution is 0.533. The number of hydrogen-bond acceptors (Lipinski definition) is 4. The van der Waals surface area contributed by atoms with E-state index in [4.69, 9.17) is 0 Å². The Morgan fingerprint density at radius 3 is 2.81 bits per heavy atom. The molecule has 1 N–H and O–H groups in total. The zero-order valence-electron chi connectivity index (χ0n) is 9.23. The van der Waals surface area contributed by atoms with Crippen LogP contribution >= 0.6 is 27.3 Å². The maximum absolute atomic E-state index is 11.8. The molecule has 4 nitrogen and oxygen atoms in total. The minimum absolute atomic E-state index is 0.288. The van der Waals surface area contributed by atoms with Crippen molar-refractivity contribution in [1.82, 2.24) is 9.71 Å². The van der Waals surface area contributed by atoms with Crippen molar-refractivity contribution in [3.8, 4) is 0 Å². The smallest absolute Gasteiger partial charge is 0.249 e. The summed E-state index contributed by atoms with van der Waals surface area (Å²) in [5, 5.41) is 1.64. The first-order valence-electron chi connectivity index (χ1n) is 4.93. The van der Waals surface area contributed by atoms with E-state index in [0.717, 1.165) is 16.8 Å². The maximum Gasteiger partial charge on any atom is 0.251 e. The lowest BCUT2D eigenvalue weighted by Crippen LogP contribution is -2.28. The second kappa shape index (κ2) is 6.09. The zero-order valence-corrected chi connectivity index (χ0v) is 12.5. The van der Waals surface area contributed by atoms with Crippen molar-refractivity contribution < 1.29 is 8.42 Å². The average molecular weight is 327 g/mol. The van der Waals surface area contributed by atoms with Crippen LogP contribution in [0.3, 0.4) is 0 Å². The summed E-state index contributed by atoms with van der Waals surface area (Å²) < 4.78 is 26.5. The molecule has 0 saturated heterocycles. The van der Waals surface area contributed by atoms with Crippen LogP contribution in [0.5, 0.6) is 0 Å². The van der Waals surface area contributed by atoms with Crippen LogP contribution in [0, 0.1) is 12.8 Å². The summed E-state index contributed by atoms with van der Waals surface area (Å²) in [6.45, 7) is 4.27. The fraction of sp³-hybridized carbons (Fsp3) is 0.667. The third-order valence-corrected chi connectivity index (χ3v) is 5.34. The number of nitrogens with zero attached hydrogens (tertiary/aromatic N) is 1. The molecule has 1 unspecified atom stereocenters. The molecule has 0 aliphatic heterocycles. The second-order valence-electron chi connectivity index (χ2n) is 3.63. The van der Waals surface area contributed by atoms with Crippen LogP contribution in [-0.4, -0.2) is 25.3 Å². The van der Waals surface area contributed by atoms with Crippen molar-refractivity contribution in [3.63, 3.8) is 0 Å². The van der Waals surface area contributed by atoms with Gasteiger partial charge in [-0.2, -0.15) is 0 Å². The van der Waals surface area contributed by atoms with Gasteiger partial charge in [0.1, 0.15) is 0 Å². The first kappa shape index (κ1) is 14.1. The molecule has 0 aliphatic rings. The molecule has 92 valence electrons. The van der Waals surface area contributed by atoms with E-state index >= 15 is 0 Å². The van der Waals surface area contributed by atoms with E-state index in [1.807, 2.05) is 6.92 Å². The molecule has 0 aliphatic carbocycles. The van der Waals surface area contributed by atoms with Crippen LogP contribution in [-0.2, 0) is 10.0 Å². The van der Waals surface area contributed by atoms with Crippen LogP contribution in [0.15, 0.2) is 10.4 Å². The standard InChI is InChI=1S/C9H15BrN2O2S2/c1-7(3-4-10)5-12-16(13,14)9-6-11-8(2)15-9/h6-7,12H,3-5H2,1-2H3. The Bertz CT molecular complexity index is 430. The molecule has 1 aromatic heterocycles. The molecule has 1 atom stereocenters. The van der Waals surface area contributed by atoms with Gasteiger partial charge in [0.25, 0.3) is 10.0 Å². The highest BCUT2D eigenvalue weighted by molar-refractivity contribution is 9.09. The Labute approximate surface area is 109 Å². The summed E-state index contributed by atoms with van der Waals surface area (Å²) in [5.74, 6) is 0.322. The van der Waals surface area contributed by atoms with Crippen molar-refractivity contribution in [2.75, 3.05) is 11.9 Å². The predicted molar refractivity (Wildman–Crippen MR) is 69.6 cm³/mol. The van der Waals surface area contributed by atoms with E-state index in [-0.39, 0.29) is 4.21 Å². The van der Waals surface area contributed by atoms with E-state index in [1.165, 1.54) is 17.5 Å². The van der Waals surface area contributed by atoms with E-state index in [0.29, 0.717) is 12.5 Å². The molecule has 0 radical (unpaired) electrons. The molecular weight excluding hydrogens is 312 g/mol. The molecule has 16 heavy (non-hydrogen) atoms. The lowest BCUT2D eigenvalue weighted by Gasteiger charge is -2.10. The fourth-order valence-corrected chi connectivity index (χ4v) is 4.18. The van der Waals surface area contributed by atoms with Gasteiger partial charge in [0.2, 0.25) is 0 Å². The SMILES string of the molecule is Cc1ncc(S(=O)(=O)NCC(C)CCBr)s1. The highest BCUT2D eigenvalue weighted by Gasteiger charge is 2.17. The van der Waals surface area contributed by atoms with Crippen LogP contribution in [0.4, 0.5) is 0 Å². The van der Waals surface area contributed by atoms with Gasteiger partial charge in [0.05, 0.1) is 11.2 Å². The number of sulfonamides is 1. The molecule has 0 amide bonds. The summed E-state index contributed by atoms with van der Waals surface area (Å²) in [7, 11) is -3.36. The van der Waals surface area contributed by atoms with Gasteiger partial charge in [-0.05, 0) is 19.3 Å². The van der Waals surface area contributed by atoms with Crippen molar-refractivity contribution in [3.05, 3.63) is 11.2 Å². The molecule has 1 aromatic rings. The highest BCUT2D eigenvalue weighted by atomic mass is 79.9. The van der Waals surface area contributed by atoms with Gasteiger partial charge in [-0.1, -0.05) is 22.9 Å². The van der Waals surface area contributed by atoms with Gasteiger partial charge in [-0.25, -0.2) is 18.1 Å². The number of aryl methyl sites for hydroxylation is 1. The van der Waals surface area contributed by atoms with Gasteiger partial charge in [0.15, 0.2) is 4.21 Å². The third-order valence-electron chi connectivity index (χ3n) is 2.09. The van der Waals surface area contributed by atoms with Gasteiger partial charge in [0, 0.05) is 11.9 Å². The molecule has 7 heteroatoms. The predicted octanol–water partition coefficient (Wildman–Crippen LogP) is 2.15. The van der Waals surface area contributed by atoms with Crippen molar-refractivity contribution >= 4 is 37.3 Å². The Morgan fingerprint density at radius 2 is 2.31 bits per heavy atom. The first-order valence-corrected chi connectivity index (χ1v) is 8.36. The molecule has 1 rings (SSSR count). The van der Waals surface area contributed by atoms with Crippen molar-refractivity contribution in [2.45, 2.75) is 24.5 Å². The van der Waals surface area contributed by atoms with Gasteiger partial charge >= 0.3 is 0 Å². The van der Waals surface area contributed by atoms with Gasteiger partial charge < -0.3 is 0 Å². The van der Waals surface area contributed by atoms with E-state index < -0.39 is 10.0 Å². The number of hydrogen-bond donors (Lipinski definition) is 1. The summed E-state index contributed by atoms with van der Waals surface area (Å²) in [6, 6.07) is 0. The second-order valence-corrected chi connectivity index (χ2v) is 7.65. The first-order chi connectivity index (χ1) is 7.45. The summed E-state index contributed by atoms with van der Waals surface area (Å²) in [4.78, 5) is 3.94. The summed E-state index contributed by atoms with van der Waals surface area (Å²) >= 11 is 4.52. The number of alkyl halides is 1. The van der Waals surface area contributed by atoms with Crippen LogP contribution in [0.1, 0.15) is 18.4 Å². The molecular formula is C9H15BrN2O2S2. The molecule has 0 spiro atoms. The highest BCUT2D eigenvalue weighted by Crippen LogP contribution is 2.17. The molecule has 0 bridgehead atoms. The Balaban J connectivity index is 2.59. The van der Waals surface area contributed by atoms with Crippen LogP contribution < -0.4 is 4.72 Å². The summed E-state index contributed by atoms with van der Waals surface area (Å²) in [6.07, 6.45) is 2.35. The number of thiazole rings is 1. The lowest BCUT2D eigenvalue weighted by atomic mass is 10.1. The van der Waals surface area contributed by atoms with Gasteiger partial charge in [-0.15, -0.1) is 11.3 Å². The number of nitrogens with one attached hydrogen (secondary N) is 1. The van der Waals surface area contributed by atoms with Crippen LogP contribution in [0.25, 0.3) is 0 Å². The van der Waals surface area contributed by atoms with E-state index in [9.17, 15) is 8.42 Å². The average Bonchev–Trinajstić information content (AvgIpc) is 2.63. The summed E-state index contributed by atoms with van der Waals surface area (Å²) in [5.41, 5.74) is 0. The molecule has 0 saturated carbocycles. The Hall–Kier alpha value is 0.0200. The monoisotopic (exact) mass is 326 g/mol. The van der Waals surface area contributed by atoms with Crippen molar-refractivity contribution in [1.29, 1.82) is 0 Å². The van der Waals surface area contributed by atoms with E-state index in [1.54, 1.807) is 6.92 Å². The van der Waals surface area contributed by atoms with Gasteiger partial charge in [-0.3, -0.25) is 0 Å². The minimum atomic E-state index is -3.36. The number of rotatable bonds is 6. The van der Waals surface area contributed by atoms with E-state index in [2.05, 4.69) is 25.6 Å². The number of aromatic nitrogens is 1. The third kappa shape index (κ3) is 4.12. The largest absolute Gasteiger partial charge is 0.251 e. The van der Waals surface area contributed by atoms with Crippen LogP contribution in [0.2, 0.25) is 0 Å². The zero-order chi connectivity index (χ0) is 12.2. The van der Waals surface area contributed by atoms with Crippen molar-refractivity contribution in [2.24, 2.45) is 5.92 Å². The Morgan fingerprint density at radius 1 is 1.62 bits per heavy atom. The topological polar surface area (TPSA) is 59.1 Å².